The third kappa shape index (κ3) is 54.5. The molecular formula is C112H188N6O23. The number of carboxylic acids is 1. The van der Waals surface area contributed by atoms with Crippen LogP contribution in [0.1, 0.15) is 320 Å². The minimum Gasteiger partial charge on any atom is -0.510 e. The molecule has 0 saturated carbocycles. The van der Waals surface area contributed by atoms with E-state index in [1.54, 1.807) is 77.9 Å². The molecule has 2 aliphatic rings. The lowest BCUT2D eigenvalue weighted by molar-refractivity contribution is -0.271. The highest BCUT2D eigenvalue weighted by Crippen LogP contribution is 2.37. The zero-order valence-electron chi connectivity index (χ0n) is 88.1. The Kier molecular flexibility index (Phi) is 54.2. The van der Waals surface area contributed by atoms with Crippen molar-refractivity contribution >= 4 is 64.0 Å². The van der Waals surface area contributed by atoms with Crippen LogP contribution in [0.2, 0.25) is 0 Å². The van der Waals surface area contributed by atoms with Gasteiger partial charge in [-0.1, -0.05) is 104 Å². The van der Waals surface area contributed by atoms with Gasteiger partial charge in [-0.3, -0.25) is 19.2 Å². The van der Waals surface area contributed by atoms with Gasteiger partial charge < -0.3 is 120 Å². The molecule has 2 saturated heterocycles. The van der Waals surface area contributed by atoms with Gasteiger partial charge in [-0.25, -0.2) is 4.79 Å². The van der Waals surface area contributed by atoms with Crippen LogP contribution in [0.5, 0.6) is 11.5 Å². The van der Waals surface area contributed by atoms with Gasteiger partial charge in [-0.15, -0.1) is 0 Å². The number of hydrogen-bond donors (Lipinski definition) is 14. The van der Waals surface area contributed by atoms with Crippen molar-refractivity contribution in [2.45, 2.75) is 432 Å². The van der Waals surface area contributed by atoms with Crippen molar-refractivity contribution in [3.05, 3.63) is 179 Å². The second kappa shape index (κ2) is 56.5. The fourth-order valence-electron chi connectivity index (χ4n) is 11.7. The highest BCUT2D eigenvalue weighted by Gasteiger charge is 2.49. The molecule has 0 amide bonds. The fraction of sp³-hybridized carbons (Fsp3) is 0.616. The standard InChI is InChI=1S/C23H35NO8.C22H33NO9.2C16H25NO2.2C15H25NO.5CH4/c1-12(25)19-17(27)16(26)18(28)20(32-19)31-15-9-8-13(10-14(15)24-23(5,6)7)11-30-21(29)22(2,3)4;1-21(2,3)20(29)30-10-11-7-8-13(12(9-11)23-22(4,5)6)31-19-16(26)14(24)15(25)17(32-19)18(27)28;2*1-15(2,3)14(18)19-11-12-7-9-13(10-8-12)17-16(4,5)6;2*1-14(2,3)16-13-9-7-12(8-10-13)11-17-15(4,5)6;;;;;/h8-10,16-20,24-28H,1,11H2,2-7H3;7-9,14-17,19,23-26H,10H2,1-6H3,(H,27,28);2*7-10,17H,11H2,1-6H3;2*7-10,16H,11H2,1-6H3;5*1H4. The first-order valence-electron chi connectivity index (χ1n) is 46.3. The van der Waals surface area contributed by atoms with E-state index in [2.05, 4.69) is 212 Å². The largest absolute Gasteiger partial charge is 0.510 e. The maximum absolute atomic E-state index is 12.1. The smallest absolute Gasteiger partial charge is 0.335 e. The van der Waals surface area contributed by atoms with E-state index in [1.165, 1.54) is 11.1 Å². The van der Waals surface area contributed by atoms with E-state index >= 15 is 0 Å². The molecule has 6 aromatic carbocycles. The zero-order valence-corrected chi connectivity index (χ0v) is 88.1. The second-order valence-corrected chi connectivity index (χ2v) is 46.7. The first kappa shape index (κ1) is 135. The maximum Gasteiger partial charge on any atom is 0.335 e. The van der Waals surface area contributed by atoms with Crippen LogP contribution >= 0.6 is 0 Å². The van der Waals surface area contributed by atoms with Crippen LogP contribution in [-0.2, 0) is 102 Å². The Balaban J connectivity index is -0.00000164. The van der Waals surface area contributed by atoms with Crippen molar-refractivity contribution in [2.24, 2.45) is 21.7 Å². The van der Waals surface area contributed by atoms with Gasteiger partial charge >= 0.3 is 29.8 Å². The molecular weight excluding hydrogens is 1800 g/mol. The summed E-state index contributed by atoms with van der Waals surface area (Å²) in [7, 11) is 0. The van der Waals surface area contributed by atoms with Crippen molar-refractivity contribution in [1.82, 2.24) is 0 Å². The minimum atomic E-state index is -1.81. The van der Waals surface area contributed by atoms with Crippen molar-refractivity contribution < 1.29 is 112 Å². The molecule has 2 heterocycles. The summed E-state index contributed by atoms with van der Waals surface area (Å²) in [6.07, 6.45) is -16.0. The van der Waals surface area contributed by atoms with Crippen molar-refractivity contribution in [1.29, 1.82) is 0 Å². The molecule has 141 heavy (non-hydrogen) atoms. The molecule has 804 valence electrons. The number of anilines is 6. The number of nitrogens with one attached hydrogen (secondary N) is 6. The lowest BCUT2D eigenvalue weighted by Gasteiger charge is -2.40. The fourth-order valence-corrected chi connectivity index (χ4v) is 11.7. The van der Waals surface area contributed by atoms with Crippen LogP contribution < -0.4 is 41.4 Å². The van der Waals surface area contributed by atoms with Crippen molar-refractivity contribution in [3.63, 3.8) is 0 Å². The average molecular weight is 1990 g/mol. The van der Waals surface area contributed by atoms with Gasteiger partial charge in [0.1, 0.15) is 86.4 Å². The third-order valence-corrected chi connectivity index (χ3v) is 18.5. The van der Waals surface area contributed by atoms with Gasteiger partial charge in [0.15, 0.2) is 6.10 Å². The van der Waals surface area contributed by atoms with Crippen molar-refractivity contribution in [3.8, 4) is 11.5 Å². The molecule has 0 spiro atoms. The monoisotopic (exact) mass is 1990 g/mol. The van der Waals surface area contributed by atoms with Gasteiger partial charge in [0.2, 0.25) is 12.6 Å². The quantitative estimate of drug-likeness (QED) is 0.0152. The van der Waals surface area contributed by atoms with Crippen LogP contribution in [-0.4, -0.2) is 177 Å². The topological polar surface area (TPSA) is 412 Å². The van der Waals surface area contributed by atoms with E-state index in [0.29, 0.717) is 54.7 Å². The molecule has 0 radical (unpaired) electrons. The Hall–Kier alpha value is -9.79. The van der Waals surface area contributed by atoms with Gasteiger partial charge in [0.25, 0.3) is 0 Å². The van der Waals surface area contributed by atoms with Crippen LogP contribution in [0.15, 0.2) is 146 Å². The Morgan fingerprint density at radius 2 is 0.489 bits per heavy atom. The van der Waals surface area contributed by atoms with Crippen LogP contribution in [0.25, 0.3) is 0 Å². The molecule has 29 heteroatoms. The average Bonchev–Trinajstić information content (AvgIpc) is 0.795. The number of carboxylic acid groups (broad SMARTS) is 1. The SMILES string of the molecule is C.C.C.C.C.C=C(O)C1OC(Oc2ccc(COC(=O)C(C)(C)C)cc2NC(C)(C)C)C(O)C(O)C1O.CC(C)(C)Nc1cc(COC(=O)C(C)(C)C)ccc1OC1OC(C(=O)O)C(O)C(O)C1O.CC(C)(C)Nc1ccc(COC(=O)C(C)(C)C)cc1.CC(C)(C)Nc1ccc(COC(=O)C(C)(C)C)cc1.CC(C)(C)Nc1ccc(COC(C)(C)C)cc1.CC(C)(C)Nc1ccc(COC(C)(C)C)cc1. The number of aliphatic hydroxyl groups is 7. The molecule has 10 atom stereocenters. The molecule has 2 aliphatic heterocycles. The summed E-state index contributed by atoms with van der Waals surface area (Å²) >= 11 is 0. The van der Waals surface area contributed by atoms with Crippen LogP contribution in [0, 0.1) is 21.7 Å². The molecule has 10 unspecified atom stereocenters. The predicted octanol–water partition coefficient (Wildman–Crippen LogP) is 23.1. The summed E-state index contributed by atoms with van der Waals surface area (Å²) in [5.74, 6) is -2.53. The summed E-state index contributed by atoms with van der Waals surface area (Å²) in [6.45, 7) is 76.7. The van der Waals surface area contributed by atoms with Gasteiger partial charge in [-0.05, 0) is 355 Å². The molecule has 29 nitrogen and oxygen atoms in total. The highest BCUT2D eigenvalue weighted by atomic mass is 16.7. The van der Waals surface area contributed by atoms with Gasteiger partial charge in [0, 0.05) is 56.0 Å². The Labute approximate surface area is 847 Å². The molecule has 0 bridgehead atoms. The third-order valence-electron chi connectivity index (χ3n) is 18.5. The normalized spacial score (nSPS) is 18.3. The number of aliphatic carboxylic acids is 1. The zero-order chi connectivity index (χ0) is 104. The number of ether oxygens (including phenoxy) is 10. The van der Waals surface area contributed by atoms with E-state index in [9.17, 15) is 64.8 Å². The lowest BCUT2D eigenvalue weighted by Crippen LogP contribution is -2.61. The number of esters is 4. The summed E-state index contributed by atoms with van der Waals surface area (Å²) in [5.41, 5.74) is 8.45. The van der Waals surface area contributed by atoms with Gasteiger partial charge in [0.05, 0.1) is 57.5 Å². The lowest BCUT2D eigenvalue weighted by atomic mass is 9.97. The second-order valence-electron chi connectivity index (χ2n) is 46.7. The first-order valence-corrected chi connectivity index (χ1v) is 46.3. The number of hydrogen-bond acceptors (Lipinski definition) is 28. The summed E-state index contributed by atoms with van der Waals surface area (Å²) in [5, 5.41) is 99.6. The van der Waals surface area contributed by atoms with E-state index in [4.69, 9.17) is 47.4 Å². The molecule has 0 aliphatic carbocycles. The summed E-state index contributed by atoms with van der Waals surface area (Å²) in [4.78, 5) is 58.8. The Morgan fingerprint density at radius 3 is 0.695 bits per heavy atom. The number of rotatable bonds is 24. The predicted molar refractivity (Wildman–Crippen MR) is 573 cm³/mol. The number of aliphatic hydroxyl groups excluding tert-OH is 7. The Morgan fingerprint density at radius 1 is 0.284 bits per heavy atom. The number of carbonyl (C=O) groups is 5. The Bertz CT molecular complexity index is 4390. The summed E-state index contributed by atoms with van der Waals surface area (Å²) < 4.78 is 54.9. The molecule has 0 aromatic heterocycles. The minimum absolute atomic E-state index is 0. The molecule has 8 rings (SSSR count). The van der Waals surface area contributed by atoms with Crippen LogP contribution in [0.4, 0.5) is 34.1 Å². The van der Waals surface area contributed by atoms with E-state index in [-0.39, 0.29) is 119 Å². The van der Waals surface area contributed by atoms with E-state index < -0.39 is 100 Å². The highest BCUT2D eigenvalue weighted by molar-refractivity contribution is 5.77. The molecule has 6 aromatic rings. The molecule has 14 N–H and O–H groups in total. The number of benzene rings is 6. The van der Waals surface area contributed by atoms with Crippen LogP contribution in [0.3, 0.4) is 0 Å². The summed E-state index contributed by atoms with van der Waals surface area (Å²) in [6, 6.07) is 42.7. The van der Waals surface area contributed by atoms with Crippen molar-refractivity contribution in [2.75, 3.05) is 31.9 Å². The maximum atomic E-state index is 12.1. The molecule has 2 fully saturated rings. The first-order chi connectivity index (χ1) is 61.7. The van der Waals surface area contributed by atoms with E-state index in [0.717, 1.165) is 33.9 Å². The van der Waals surface area contributed by atoms with Gasteiger partial charge in [-0.2, -0.15) is 0 Å². The van der Waals surface area contributed by atoms with E-state index in [1.807, 2.05) is 132 Å². The number of carbonyl (C=O) groups excluding carboxylic acids is 4.